The molecule has 0 bridgehead atoms. The monoisotopic (exact) mass is 296 g/mol. The lowest BCUT2D eigenvalue weighted by Crippen LogP contribution is -1.94. The third kappa shape index (κ3) is 2.60. The van der Waals surface area contributed by atoms with Crippen molar-refractivity contribution in [1.82, 2.24) is 9.97 Å². The molecule has 0 fully saturated rings. The largest absolute Gasteiger partial charge is 0.389 e. The SMILES string of the molecule is Cc1c(-c2ccncc2)sc(-c2ccncc2)c1C(C)O. The van der Waals surface area contributed by atoms with Crippen LogP contribution in [0.4, 0.5) is 0 Å². The van der Waals surface area contributed by atoms with E-state index in [1.54, 1.807) is 36.1 Å². The number of aliphatic hydroxyl groups excluding tert-OH is 1. The Balaban J connectivity index is 2.22. The number of aliphatic hydroxyl groups is 1. The summed E-state index contributed by atoms with van der Waals surface area (Å²) in [4.78, 5) is 10.4. The summed E-state index contributed by atoms with van der Waals surface area (Å²) in [6.07, 6.45) is 6.65. The number of hydrogen-bond acceptors (Lipinski definition) is 4. The van der Waals surface area contributed by atoms with Gasteiger partial charge in [0.2, 0.25) is 0 Å². The molecule has 3 heterocycles. The molecular weight excluding hydrogens is 280 g/mol. The molecule has 4 heteroatoms. The Morgan fingerprint density at radius 3 is 1.86 bits per heavy atom. The first-order chi connectivity index (χ1) is 10.2. The van der Waals surface area contributed by atoms with Crippen molar-refractivity contribution in [2.75, 3.05) is 0 Å². The molecule has 0 aromatic carbocycles. The minimum atomic E-state index is -0.500. The summed E-state index contributed by atoms with van der Waals surface area (Å²) >= 11 is 1.71. The molecule has 1 N–H and O–H groups in total. The molecule has 0 saturated heterocycles. The summed E-state index contributed by atoms with van der Waals surface area (Å²) < 4.78 is 0. The van der Waals surface area contributed by atoms with Crippen LogP contribution in [0.5, 0.6) is 0 Å². The zero-order valence-corrected chi connectivity index (χ0v) is 12.8. The maximum absolute atomic E-state index is 10.2. The molecule has 21 heavy (non-hydrogen) atoms. The zero-order valence-electron chi connectivity index (χ0n) is 11.9. The van der Waals surface area contributed by atoms with E-state index >= 15 is 0 Å². The molecule has 3 rings (SSSR count). The Bertz CT molecular complexity index is 736. The highest BCUT2D eigenvalue weighted by Crippen LogP contribution is 2.44. The molecule has 106 valence electrons. The van der Waals surface area contributed by atoms with Gasteiger partial charge in [-0.05, 0) is 54.8 Å². The minimum Gasteiger partial charge on any atom is -0.389 e. The van der Waals surface area contributed by atoms with Crippen molar-refractivity contribution >= 4 is 11.3 Å². The Morgan fingerprint density at radius 2 is 1.38 bits per heavy atom. The Kier molecular flexibility index (Phi) is 3.82. The number of aromatic nitrogens is 2. The number of thiophene rings is 1. The molecule has 0 aliphatic carbocycles. The summed E-state index contributed by atoms with van der Waals surface area (Å²) in [6.45, 7) is 3.88. The van der Waals surface area contributed by atoms with Crippen LogP contribution in [0.2, 0.25) is 0 Å². The predicted molar refractivity (Wildman–Crippen MR) is 86.2 cm³/mol. The van der Waals surface area contributed by atoms with E-state index in [1.165, 1.54) is 4.88 Å². The van der Waals surface area contributed by atoms with Gasteiger partial charge >= 0.3 is 0 Å². The van der Waals surface area contributed by atoms with Crippen LogP contribution < -0.4 is 0 Å². The molecule has 0 amide bonds. The van der Waals surface area contributed by atoms with Crippen LogP contribution in [0, 0.1) is 6.92 Å². The summed E-state index contributed by atoms with van der Waals surface area (Å²) in [5.74, 6) is 0. The molecule has 3 nitrogen and oxygen atoms in total. The fourth-order valence-electron chi connectivity index (χ4n) is 2.53. The lowest BCUT2D eigenvalue weighted by atomic mass is 10.00. The first-order valence-corrected chi connectivity index (χ1v) is 7.62. The summed E-state index contributed by atoms with van der Waals surface area (Å²) in [5.41, 5.74) is 4.36. The van der Waals surface area contributed by atoms with Gasteiger partial charge in [0.25, 0.3) is 0 Å². The van der Waals surface area contributed by atoms with Gasteiger partial charge in [0.05, 0.1) is 6.10 Å². The van der Waals surface area contributed by atoms with Crippen molar-refractivity contribution in [2.45, 2.75) is 20.0 Å². The fraction of sp³-hybridized carbons (Fsp3) is 0.176. The van der Waals surface area contributed by atoms with Crippen LogP contribution in [-0.4, -0.2) is 15.1 Å². The number of pyridine rings is 2. The van der Waals surface area contributed by atoms with Crippen molar-refractivity contribution in [1.29, 1.82) is 0 Å². The number of nitrogens with zero attached hydrogens (tertiary/aromatic N) is 2. The molecule has 3 aromatic heterocycles. The molecule has 1 atom stereocenters. The zero-order chi connectivity index (χ0) is 14.8. The fourth-order valence-corrected chi connectivity index (χ4v) is 3.93. The van der Waals surface area contributed by atoms with Gasteiger partial charge in [-0.1, -0.05) is 0 Å². The van der Waals surface area contributed by atoms with E-state index in [-0.39, 0.29) is 0 Å². The predicted octanol–water partition coefficient (Wildman–Crippen LogP) is 4.23. The van der Waals surface area contributed by atoms with E-state index in [4.69, 9.17) is 0 Å². The van der Waals surface area contributed by atoms with Gasteiger partial charge in [0.15, 0.2) is 0 Å². The lowest BCUT2D eigenvalue weighted by Gasteiger charge is -2.08. The Hall–Kier alpha value is -2.04. The molecule has 0 aliphatic rings. The second-order valence-corrected chi connectivity index (χ2v) is 5.97. The third-order valence-electron chi connectivity index (χ3n) is 3.50. The maximum atomic E-state index is 10.2. The highest BCUT2D eigenvalue weighted by molar-refractivity contribution is 7.19. The van der Waals surface area contributed by atoms with Crippen molar-refractivity contribution in [3.05, 3.63) is 60.2 Å². The molecule has 3 aromatic rings. The first kappa shape index (κ1) is 13.9. The van der Waals surface area contributed by atoms with Gasteiger partial charge in [-0.3, -0.25) is 9.97 Å². The average molecular weight is 296 g/mol. The standard InChI is InChI=1S/C17H16N2OS/c1-11-15(12(2)20)17(14-5-9-19-10-6-14)21-16(11)13-3-7-18-8-4-13/h3-10,12,20H,1-2H3. The minimum absolute atomic E-state index is 0.500. The molecule has 0 saturated carbocycles. The highest BCUT2D eigenvalue weighted by atomic mass is 32.1. The summed E-state index contributed by atoms with van der Waals surface area (Å²) in [7, 11) is 0. The second kappa shape index (κ2) is 5.76. The molecular formula is C17H16N2OS. The third-order valence-corrected chi connectivity index (χ3v) is 4.90. The molecule has 1 unspecified atom stereocenters. The number of hydrogen-bond donors (Lipinski definition) is 1. The maximum Gasteiger partial charge on any atom is 0.0778 e. The van der Waals surface area contributed by atoms with Crippen LogP contribution in [0.25, 0.3) is 20.9 Å². The molecule has 0 aliphatic heterocycles. The van der Waals surface area contributed by atoms with Crippen molar-refractivity contribution in [2.24, 2.45) is 0 Å². The average Bonchev–Trinajstić information content (AvgIpc) is 2.87. The van der Waals surface area contributed by atoms with Gasteiger partial charge < -0.3 is 5.11 Å². The Labute approximate surface area is 128 Å². The smallest absolute Gasteiger partial charge is 0.0778 e. The summed E-state index contributed by atoms with van der Waals surface area (Å²) in [5, 5.41) is 10.2. The first-order valence-electron chi connectivity index (χ1n) is 6.80. The molecule has 0 spiro atoms. The van der Waals surface area contributed by atoms with E-state index in [2.05, 4.69) is 16.9 Å². The lowest BCUT2D eigenvalue weighted by molar-refractivity contribution is 0.199. The van der Waals surface area contributed by atoms with E-state index in [0.29, 0.717) is 0 Å². The van der Waals surface area contributed by atoms with E-state index in [1.807, 2.05) is 31.2 Å². The van der Waals surface area contributed by atoms with Crippen molar-refractivity contribution < 1.29 is 5.11 Å². The molecule has 0 radical (unpaired) electrons. The van der Waals surface area contributed by atoms with Crippen LogP contribution in [-0.2, 0) is 0 Å². The Morgan fingerprint density at radius 1 is 0.905 bits per heavy atom. The highest BCUT2D eigenvalue weighted by Gasteiger charge is 2.20. The van der Waals surface area contributed by atoms with Crippen LogP contribution in [0.15, 0.2) is 49.1 Å². The van der Waals surface area contributed by atoms with Crippen molar-refractivity contribution in [3.63, 3.8) is 0 Å². The normalized spacial score (nSPS) is 12.3. The van der Waals surface area contributed by atoms with Gasteiger partial charge in [-0.15, -0.1) is 11.3 Å². The van der Waals surface area contributed by atoms with E-state index in [9.17, 15) is 5.11 Å². The second-order valence-electron chi connectivity index (χ2n) is 4.95. The topological polar surface area (TPSA) is 46.0 Å². The van der Waals surface area contributed by atoms with Gasteiger partial charge in [0.1, 0.15) is 0 Å². The van der Waals surface area contributed by atoms with Crippen LogP contribution in [0.3, 0.4) is 0 Å². The van der Waals surface area contributed by atoms with Crippen LogP contribution >= 0.6 is 11.3 Å². The quantitative estimate of drug-likeness (QED) is 0.786. The number of rotatable bonds is 3. The van der Waals surface area contributed by atoms with Gasteiger partial charge in [0, 0.05) is 40.1 Å². The van der Waals surface area contributed by atoms with E-state index < -0.39 is 6.10 Å². The summed E-state index contributed by atoms with van der Waals surface area (Å²) in [6, 6.07) is 7.96. The van der Waals surface area contributed by atoms with Gasteiger partial charge in [-0.2, -0.15) is 0 Å². The van der Waals surface area contributed by atoms with Crippen LogP contribution in [0.1, 0.15) is 24.2 Å². The van der Waals surface area contributed by atoms with Gasteiger partial charge in [-0.25, -0.2) is 0 Å². The van der Waals surface area contributed by atoms with Crippen molar-refractivity contribution in [3.8, 4) is 20.9 Å². The van der Waals surface area contributed by atoms with E-state index in [0.717, 1.165) is 27.1 Å².